The fourth-order valence-corrected chi connectivity index (χ4v) is 6.56. The van der Waals surface area contributed by atoms with Crippen molar-refractivity contribution in [3.05, 3.63) is 24.3 Å². The third-order valence-electron chi connectivity index (χ3n) is 6.09. The molecule has 28 heavy (non-hydrogen) atoms. The normalized spacial score (nSPS) is 28.0. The number of carbonyl (C=O) groups excluding carboxylic acids is 1. The van der Waals surface area contributed by atoms with Gasteiger partial charge in [0.15, 0.2) is 0 Å². The number of likely N-dealkylation sites (tertiary alicyclic amines) is 1. The molecule has 0 aliphatic carbocycles. The molecule has 3 atom stereocenters. The summed E-state index contributed by atoms with van der Waals surface area (Å²) < 4.78 is 33.4. The molecule has 0 radical (unpaired) electrons. The summed E-state index contributed by atoms with van der Waals surface area (Å²) in [6, 6.07) is 5.38. The van der Waals surface area contributed by atoms with Crippen molar-refractivity contribution in [3.63, 3.8) is 0 Å². The first-order chi connectivity index (χ1) is 13.2. The van der Waals surface area contributed by atoms with E-state index in [0.717, 1.165) is 0 Å². The van der Waals surface area contributed by atoms with Crippen molar-refractivity contribution in [1.82, 2.24) is 9.21 Å². The second-order valence-electron chi connectivity index (χ2n) is 7.45. The monoisotopic (exact) mass is 410 g/mol. The molecular formula is C19H26N2O6S. The average molecular weight is 410 g/mol. The number of carboxylic acid groups (broad SMARTS) is 1. The highest BCUT2D eigenvalue weighted by Gasteiger charge is 2.61. The Morgan fingerprint density at radius 2 is 1.93 bits per heavy atom. The van der Waals surface area contributed by atoms with Gasteiger partial charge in [-0.05, 0) is 49.4 Å². The molecule has 2 aliphatic rings. The van der Waals surface area contributed by atoms with Gasteiger partial charge in [-0.25, -0.2) is 8.42 Å². The highest BCUT2D eigenvalue weighted by Crippen LogP contribution is 2.47. The Bertz CT molecular complexity index is 869. The zero-order valence-corrected chi connectivity index (χ0v) is 17.1. The van der Waals surface area contributed by atoms with Crippen molar-refractivity contribution >= 4 is 21.9 Å². The molecule has 2 saturated heterocycles. The molecule has 0 unspecified atom stereocenters. The summed E-state index contributed by atoms with van der Waals surface area (Å²) in [5.74, 6) is -0.862. The van der Waals surface area contributed by atoms with Gasteiger partial charge < -0.3 is 14.7 Å². The number of aliphatic carboxylic acids is 1. The molecule has 2 heterocycles. The van der Waals surface area contributed by atoms with E-state index in [-0.39, 0.29) is 36.1 Å². The number of piperidine rings is 1. The third kappa shape index (κ3) is 3.16. The van der Waals surface area contributed by atoms with Crippen LogP contribution in [0.3, 0.4) is 0 Å². The summed E-state index contributed by atoms with van der Waals surface area (Å²) in [7, 11) is -2.60. The molecule has 0 aromatic heterocycles. The minimum atomic E-state index is -4.09. The van der Waals surface area contributed by atoms with Gasteiger partial charge in [-0.2, -0.15) is 4.31 Å². The van der Waals surface area contributed by atoms with E-state index in [0.29, 0.717) is 18.7 Å². The van der Waals surface area contributed by atoms with Crippen molar-refractivity contribution in [3.8, 4) is 5.75 Å². The average Bonchev–Trinajstić information content (AvgIpc) is 3.03. The number of carbonyl (C=O) groups is 2. The minimum absolute atomic E-state index is 0.0213. The van der Waals surface area contributed by atoms with Gasteiger partial charge in [0.1, 0.15) is 11.3 Å². The summed E-state index contributed by atoms with van der Waals surface area (Å²) in [6.07, 6.45) is 1.00. The fourth-order valence-electron chi connectivity index (χ4n) is 4.51. The standard InChI is InChI=1S/C19H26N2O6S/c1-4-19(18(23)24)11-14-9-10-20(13(2)22)12-17(14)21(19)28(25,26)16-7-5-15(27-3)6-8-16/h5-8,14,17H,4,9-12H2,1-3H3,(H,23,24)/t14-,17-,19-/m0/s1. The maximum absolute atomic E-state index is 13.6. The number of nitrogens with zero attached hydrogens (tertiary/aromatic N) is 2. The Hall–Kier alpha value is -2.13. The third-order valence-corrected chi connectivity index (χ3v) is 8.09. The molecule has 3 rings (SSSR count). The molecule has 9 heteroatoms. The molecule has 1 amide bonds. The number of methoxy groups -OCH3 is 1. The van der Waals surface area contributed by atoms with Crippen LogP contribution in [0.25, 0.3) is 0 Å². The first kappa shape index (κ1) is 20.6. The summed E-state index contributed by atoms with van der Waals surface area (Å²) in [6.45, 7) is 3.88. The van der Waals surface area contributed by atoms with Crippen LogP contribution in [-0.4, -0.2) is 66.4 Å². The lowest BCUT2D eigenvalue weighted by atomic mass is 9.86. The predicted molar refractivity (Wildman–Crippen MR) is 101 cm³/mol. The highest BCUT2D eigenvalue weighted by molar-refractivity contribution is 7.89. The van der Waals surface area contributed by atoms with Gasteiger partial charge in [0, 0.05) is 26.1 Å². The molecule has 1 N–H and O–H groups in total. The molecule has 2 aliphatic heterocycles. The van der Waals surface area contributed by atoms with E-state index in [9.17, 15) is 23.1 Å². The second kappa shape index (κ2) is 7.36. The lowest BCUT2D eigenvalue weighted by molar-refractivity contribution is -0.147. The van der Waals surface area contributed by atoms with Crippen molar-refractivity contribution < 1.29 is 27.9 Å². The van der Waals surface area contributed by atoms with Crippen molar-refractivity contribution in [2.45, 2.75) is 49.6 Å². The SMILES string of the molecule is CC[C@@]1(C(=O)O)C[C@@H]2CCN(C(C)=O)C[C@@H]2N1S(=O)(=O)c1ccc(OC)cc1. The van der Waals surface area contributed by atoms with E-state index < -0.39 is 27.6 Å². The summed E-state index contributed by atoms with van der Waals surface area (Å²) in [5, 5.41) is 10.0. The van der Waals surface area contributed by atoms with E-state index in [2.05, 4.69) is 0 Å². The van der Waals surface area contributed by atoms with Crippen LogP contribution in [0.2, 0.25) is 0 Å². The molecule has 8 nitrogen and oxygen atoms in total. The van der Waals surface area contributed by atoms with E-state index in [1.165, 1.54) is 42.6 Å². The number of ether oxygens (including phenoxy) is 1. The summed E-state index contributed by atoms with van der Waals surface area (Å²) in [5.41, 5.74) is -1.51. The highest BCUT2D eigenvalue weighted by atomic mass is 32.2. The number of amides is 1. The van der Waals surface area contributed by atoms with Crippen LogP contribution in [0.5, 0.6) is 5.75 Å². The fraction of sp³-hybridized carbons (Fsp3) is 0.579. The maximum atomic E-state index is 13.6. The lowest BCUT2D eigenvalue weighted by Gasteiger charge is -2.40. The lowest BCUT2D eigenvalue weighted by Crippen LogP contribution is -2.58. The summed E-state index contributed by atoms with van der Waals surface area (Å²) in [4.78, 5) is 25.8. The Kier molecular flexibility index (Phi) is 5.42. The second-order valence-corrected chi connectivity index (χ2v) is 9.27. The van der Waals surface area contributed by atoms with Gasteiger partial charge in [0.25, 0.3) is 0 Å². The van der Waals surface area contributed by atoms with Crippen LogP contribution in [0, 0.1) is 5.92 Å². The summed E-state index contributed by atoms with van der Waals surface area (Å²) >= 11 is 0. The van der Waals surface area contributed by atoms with Crippen LogP contribution >= 0.6 is 0 Å². The zero-order valence-electron chi connectivity index (χ0n) is 16.3. The van der Waals surface area contributed by atoms with Crippen LogP contribution in [-0.2, 0) is 19.6 Å². The number of benzene rings is 1. The number of sulfonamides is 1. The maximum Gasteiger partial charge on any atom is 0.325 e. The number of rotatable bonds is 5. The van der Waals surface area contributed by atoms with Crippen molar-refractivity contribution in [1.29, 1.82) is 0 Å². The van der Waals surface area contributed by atoms with Gasteiger partial charge in [-0.1, -0.05) is 6.92 Å². The quantitative estimate of drug-likeness (QED) is 0.790. The van der Waals surface area contributed by atoms with Gasteiger partial charge in [0.2, 0.25) is 15.9 Å². The Labute approximate surface area is 165 Å². The Morgan fingerprint density at radius 1 is 1.29 bits per heavy atom. The largest absolute Gasteiger partial charge is 0.497 e. The Morgan fingerprint density at radius 3 is 2.43 bits per heavy atom. The number of fused-ring (bicyclic) bond motifs is 1. The van der Waals surface area contributed by atoms with Gasteiger partial charge in [-0.15, -0.1) is 0 Å². The van der Waals surface area contributed by atoms with Crippen LogP contribution in [0.15, 0.2) is 29.2 Å². The van der Waals surface area contributed by atoms with E-state index in [1.54, 1.807) is 11.8 Å². The number of carboxylic acids is 1. The molecule has 154 valence electrons. The van der Waals surface area contributed by atoms with E-state index >= 15 is 0 Å². The molecule has 0 bridgehead atoms. The topological polar surface area (TPSA) is 104 Å². The minimum Gasteiger partial charge on any atom is -0.497 e. The number of hydrogen-bond acceptors (Lipinski definition) is 5. The zero-order chi connectivity index (χ0) is 20.7. The van der Waals surface area contributed by atoms with E-state index in [4.69, 9.17) is 4.74 Å². The van der Waals surface area contributed by atoms with Gasteiger partial charge >= 0.3 is 5.97 Å². The van der Waals surface area contributed by atoms with Gasteiger partial charge in [-0.3, -0.25) is 9.59 Å². The van der Waals surface area contributed by atoms with Crippen LogP contribution in [0.1, 0.15) is 33.1 Å². The molecule has 0 saturated carbocycles. The smallest absolute Gasteiger partial charge is 0.325 e. The molecular weight excluding hydrogens is 384 g/mol. The predicted octanol–water partition coefficient (Wildman–Crippen LogP) is 1.56. The van der Waals surface area contributed by atoms with Crippen LogP contribution < -0.4 is 4.74 Å². The van der Waals surface area contributed by atoms with Crippen molar-refractivity contribution in [2.75, 3.05) is 20.2 Å². The molecule has 2 fully saturated rings. The van der Waals surface area contributed by atoms with E-state index in [1.807, 2.05) is 0 Å². The Balaban J connectivity index is 2.10. The molecule has 1 aromatic carbocycles. The van der Waals surface area contributed by atoms with Gasteiger partial charge in [0.05, 0.1) is 12.0 Å². The van der Waals surface area contributed by atoms with Crippen LogP contribution in [0.4, 0.5) is 0 Å². The van der Waals surface area contributed by atoms with Crippen molar-refractivity contribution in [2.24, 2.45) is 5.92 Å². The first-order valence-electron chi connectivity index (χ1n) is 9.35. The number of hydrogen-bond donors (Lipinski definition) is 1. The first-order valence-corrected chi connectivity index (χ1v) is 10.8. The molecule has 1 aromatic rings. The molecule has 0 spiro atoms.